The second-order valence-corrected chi connectivity index (χ2v) is 4.36. The normalized spacial score (nSPS) is 10.5. The Morgan fingerprint density at radius 2 is 1.89 bits per heavy atom. The van der Waals surface area contributed by atoms with E-state index in [1.54, 1.807) is 12.1 Å². The summed E-state index contributed by atoms with van der Waals surface area (Å²) in [6, 6.07) is 8.74. The molecule has 0 aromatic heterocycles. The molecule has 0 aliphatic heterocycles. The van der Waals surface area contributed by atoms with Crippen LogP contribution in [-0.4, -0.2) is 0 Å². The van der Waals surface area contributed by atoms with E-state index in [2.05, 4.69) is 0 Å². The number of hydrogen-bond acceptors (Lipinski definition) is 2. The summed E-state index contributed by atoms with van der Waals surface area (Å²) in [6.07, 6.45) is 0. The van der Waals surface area contributed by atoms with Crippen molar-refractivity contribution >= 4 is 11.6 Å². The average molecular weight is 284 g/mol. The minimum absolute atomic E-state index is 0.0384. The molecule has 0 atom stereocenters. The Morgan fingerprint density at radius 1 is 1.11 bits per heavy atom. The molecule has 0 fully saturated rings. The molecule has 2 N–H and O–H groups in total. The van der Waals surface area contributed by atoms with Gasteiger partial charge in [0.05, 0.1) is 5.02 Å². The van der Waals surface area contributed by atoms with Gasteiger partial charge in [0.1, 0.15) is 12.4 Å². The number of hydrogen-bond donors (Lipinski definition) is 1. The Morgan fingerprint density at radius 3 is 2.53 bits per heavy atom. The van der Waals surface area contributed by atoms with E-state index in [4.69, 9.17) is 22.1 Å². The molecule has 0 amide bonds. The highest BCUT2D eigenvalue weighted by molar-refractivity contribution is 6.31. The maximum Gasteiger partial charge on any atom is 0.165 e. The highest BCUT2D eigenvalue weighted by Gasteiger charge is 2.10. The molecule has 0 aliphatic rings. The summed E-state index contributed by atoms with van der Waals surface area (Å²) < 4.78 is 32.4. The van der Waals surface area contributed by atoms with E-state index in [0.717, 1.165) is 0 Å². The quantitative estimate of drug-likeness (QED) is 0.929. The third kappa shape index (κ3) is 3.22. The van der Waals surface area contributed by atoms with Crippen LogP contribution in [0.3, 0.4) is 0 Å². The first kappa shape index (κ1) is 13.8. The lowest BCUT2D eigenvalue weighted by atomic mass is 10.2. The number of benzene rings is 2. The molecule has 0 heterocycles. The van der Waals surface area contributed by atoms with Crippen LogP contribution in [-0.2, 0) is 13.2 Å². The highest BCUT2D eigenvalue weighted by atomic mass is 35.5. The molecule has 19 heavy (non-hydrogen) atoms. The maximum atomic E-state index is 13.6. The first-order chi connectivity index (χ1) is 9.11. The minimum atomic E-state index is -0.532. The van der Waals surface area contributed by atoms with E-state index in [0.29, 0.717) is 5.56 Å². The van der Waals surface area contributed by atoms with E-state index in [1.807, 2.05) is 0 Å². The lowest BCUT2D eigenvalue weighted by Crippen LogP contribution is -2.02. The van der Waals surface area contributed by atoms with Gasteiger partial charge in [-0.05, 0) is 29.8 Å². The number of rotatable bonds is 4. The molecule has 2 aromatic rings. The lowest BCUT2D eigenvalue weighted by Gasteiger charge is -2.10. The van der Waals surface area contributed by atoms with Crippen LogP contribution in [0.4, 0.5) is 8.78 Å². The largest absolute Gasteiger partial charge is 0.486 e. The fourth-order valence-corrected chi connectivity index (χ4v) is 1.83. The van der Waals surface area contributed by atoms with E-state index in [-0.39, 0.29) is 29.5 Å². The second kappa shape index (κ2) is 5.99. The van der Waals surface area contributed by atoms with Gasteiger partial charge in [-0.3, -0.25) is 0 Å². The van der Waals surface area contributed by atoms with Gasteiger partial charge >= 0.3 is 0 Å². The zero-order chi connectivity index (χ0) is 13.8. The Balaban J connectivity index is 2.15. The maximum absolute atomic E-state index is 13.6. The predicted molar refractivity (Wildman–Crippen MR) is 70.0 cm³/mol. The van der Waals surface area contributed by atoms with Crippen LogP contribution in [0, 0.1) is 11.6 Å². The van der Waals surface area contributed by atoms with Crippen LogP contribution < -0.4 is 10.5 Å². The van der Waals surface area contributed by atoms with Crippen molar-refractivity contribution in [2.45, 2.75) is 13.2 Å². The van der Waals surface area contributed by atoms with E-state index in [1.165, 1.54) is 24.3 Å². The topological polar surface area (TPSA) is 35.2 Å². The van der Waals surface area contributed by atoms with E-state index < -0.39 is 11.6 Å². The van der Waals surface area contributed by atoms with Crippen LogP contribution in [0.5, 0.6) is 5.75 Å². The number of ether oxygens (including phenoxy) is 1. The van der Waals surface area contributed by atoms with Gasteiger partial charge in [0.2, 0.25) is 0 Å². The average Bonchev–Trinajstić information content (AvgIpc) is 2.39. The minimum Gasteiger partial charge on any atom is -0.486 e. The van der Waals surface area contributed by atoms with Gasteiger partial charge in [-0.1, -0.05) is 23.7 Å². The standard InChI is InChI=1S/C14H12ClF2NO/c15-11-2-1-3-12(16)10(11)8-19-14-5-4-9(7-18)6-13(14)17/h1-6H,7-8,18H2. The summed E-state index contributed by atoms with van der Waals surface area (Å²) in [7, 11) is 0. The van der Waals surface area contributed by atoms with Crippen molar-refractivity contribution in [2.24, 2.45) is 5.73 Å². The number of nitrogens with two attached hydrogens (primary N) is 1. The molecule has 2 aromatic carbocycles. The predicted octanol–water partition coefficient (Wildman–Crippen LogP) is 3.66. The van der Waals surface area contributed by atoms with Gasteiger partial charge in [-0.15, -0.1) is 0 Å². The monoisotopic (exact) mass is 283 g/mol. The number of halogens is 3. The fourth-order valence-electron chi connectivity index (χ4n) is 1.61. The Labute approximate surface area is 114 Å². The summed E-state index contributed by atoms with van der Waals surface area (Å²) in [4.78, 5) is 0. The van der Waals surface area contributed by atoms with E-state index >= 15 is 0 Å². The smallest absolute Gasteiger partial charge is 0.165 e. The van der Waals surface area contributed by atoms with Crippen molar-refractivity contribution in [3.8, 4) is 5.75 Å². The van der Waals surface area contributed by atoms with Crippen LogP contribution in [0.1, 0.15) is 11.1 Å². The summed E-state index contributed by atoms with van der Waals surface area (Å²) in [5.74, 6) is -0.974. The molecule has 100 valence electrons. The van der Waals surface area contributed by atoms with Gasteiger partial charge in [0.15, 0.2) is 11.6 Å². The van der Waals surface area contributed by atoms with Gasteiger partial charge in [0, 0.05) is 12.1 Å². The molecule has 0 aliphatic carbocycles. The van der Waals surface area contributed by atoms with Crippen molar-refractivity contribution in [1.82, 2.24) is 0 Å². The molecule has 2 nitrogen and oxygen atoms in total. The molecule has 0 bridgehead atoms. The van der Waals surface area contributed by atoms with Gasteiger partial charge in [0.25, 0.3) is 0 Å². The molecule has 5 heteroatoms. The Bertz CT molecular complexity index is 569. The molecule has 2 rings (SSSR count). The Kier molecular flexibility index (Phi) is 4.35. The SMILES string of the molecule is NCc1ccc(OCc2c(F)cccc2Cl)c(F)c1. The van der Waals surface area contributed by atoms with Crippen LogP contribution >= 0.6 is 11.6 Å². The van der Waals surface area contributed by atoms with Gasteiger partial charge in [-0.25, -0.2) is 8.78 Å². The highest BCUT2D eigenvalue weighted by Crippen LogP contribution is 2.23. The molecule has 0 saturated heterocycles. The van der Waals surface area contributed by atoms with Crippen molar-refractivity contribution in [3.63, 3.8) is 0 Å². The fraction of sp³-hybridized carbons (Fsp3) is 0.143. The van der Waals surface area contributed by atoms with Crippen molar-refractivity contribution in [1.29, 1.82) is 0 Å². The van der Waals surface area contributed by atoms with Gasteiger partial charge < -0.3 is 10.5 Å². The third-order valence-corrected chi connectivity index (χ3v) is 3.02. The van der Waals surface area contributed by atoms with Crippen LogP contribution in [0.15, 0.2) is 36.4 Å². The molecular formula is C14H12ClF2NO. The molecule has 0 unspecified atom stereocenters. The first-order valence-electron chi connectivity index (χ1n) is 5.66. The second-order valence-electron chi connectivity index (χ2n) is 3.96. The molecular weight excluding hydrogens is 272 g/mol. The molecule has 0 radical (unpaired) electrons. The zero-order valence-corrected chi connectivity index (χ0v) is 10.8. The third-order valence-electron chi connectivity index (χ3n) is 2.67. The summed E-state index contributed by atoms with van der Waals surface area (Å²) in [5, 5.41) is 0.249. The molecule has 0 saturated carbocycles. The lowest BCUT2D eigenvalue weighted by molar-refractivity contribution is 0.284. The Hall–Kier alpha value is -1.65. The summed E-state index contributed by atoms with van der Waals surface area (Å²) in [5.41, 5.74) is 6.26. The molecule has 0 spiro atoms. The van der Waals surface area contributed by atoms with Crippen LogP contribution in [0.25, 0.3) is 0 Å². The summed E-state index contributed by atoms with van der Waals surface area (Å²) >= 11 is 5.85. The van der Waals surface area contributed by atoms with E-state index in [9.17, 15) is 8.78 Å². The summed E-state index contributed by atoms with van der Waals surface area (Å²) in [6.45, 7) is 0.112. The zero-order valence-electron chi connectivity index (χ0n) is 10.00. The van der Waals surface area contributed by atoms with Crippen molar-refractivity contribution in [2.75, 3.05) is 0 Å². The van der Waals surface area contributed by atoms with Crippen molar-refractivity contribution < 1.29 is 13.5 Å². The van der Waals surface area contributed by atoms with Crippen molar-refractivity contribution in [3.05, 3.63) is 64.2 Å². The van der Waals surface area contributed by atoms with Crippen LogP contribution in [0.2, 0.25) is 5.02 Å². The first-order valence-corrected chi connectivity index (χ1v) is 6.04. The van der Waals surface area contributed by atoms with Gasteiger partial charge in [-0.2, -0.15) is 0 Å².